The van der Waals surface area contributed by atoms with Gasteiger partial charge in [0.05, 0.1) is 22.7 Å². The van der Waals surface area contributed by atoms with E-state index >= 15 is 0 Å². The minimum Gasteiger partial charge on any atom is -0.325 e. The number of amides is 3. The lowest BCUT2D eigenvalue weighted by Crippen LogP contribution is -2.49. The van der Waals surface area contributed by atoms with Gasteiger partial charge >= 0.3 is 6.03 Å². The molecule has 0 bridgehead atoms. The topological polar surface area (TPSA) is 61.4 Å². The number of carbonyl (C=O) groups excluding carboxylic acids is 2. The van der Waals surface area contributed by atoms with Gasteiger partial charge in [0.25, 0.3) is 0 Å². The van der Waals surface area contributed by atoms with Crippen molar-refractivity contribution in [1.29, 1.82) is 0 Å². The molecule has 0 saturated heterocycles. The Morgan fingerprint density at radius 3 is 2.50 bits per heavy atom. The minimum absolute atomic E-state index is 0.0517. The van der Waals surface area contributed by atoms with Crippen LogP contribution in [0.4, 0.5) is 21.9 Å². The van der Waals surface area contributed by atoms with E-state index in [-0.39, 0.29) is 29.0 Å². The smallest absolute Gasteiger partial charge is 0.325 e. The van der Waals surface area contributed by atoms with Crippen LogP contribution in [0.5, 0.6) is 0 Å². The zero-order chi connectivity index (χ0) is 23.3. The molecule has 0 aromatic heterocycles. The first-order valence-corrected chi connectivity index (χ1v) is 12.8. The quantitative estimate of drug-likeness (QED) is 0.409. The summed E-state index contributed by atoms with van der Waals surface area (Å²) in [6.07, 6.45) is 8.24. The Labute approximate surface area is 207 Å². The van der Waals surface area contributed by atoms with Gasteiger partial charge in [-0.3, -0.25) is 9.69 Å². The summed E-state index contributed by atoms with van der Waals surface area (Å²) in [6, 6.07) is 24.8. The SMILES string of the molecule is O=C(CSc1cccc(NC(=O)N2c3ccccc3SC3C=CC=CC32)c1)Nc1ccccc1. The maximum absolute atomic E-state index is 13.4. The second kappa shape index (κ2) is 10.2. The molecule has 1 aliphatic heterocycles. The highest BCUT2D eigenvalue weighted by Crippen LogP contribution is 2.43. The number of para-hydroxylation sites is 2. The van der Waals surface area contributed by atoms with E-state index in [2.05, 4.69) is 28.9 Å². The summed E-state index contributed by atoms with van der Waals surface area (Å²) in [5.74, 6) is 0.209. The third-order valence-corrected chi connectivity index (χ3v) is 7.78. The number of benzene rings is 3. The van der Waals surface area contributed by atoms with Gasteiger partial charge in [0, 0.05) is 21.2 Å². The minimum atomic E-state index is -0.174. The molecule has 0 spiro atoms. The molecule has 3 amide bonds. The molecule has 2 unspecified atom stereocenters. The second-order valence-corrected chi connectivity index (χ2v) is 10.1. The zero-order valence-electron chi connectivity index (χ0n) is 18.3. The summed E-state index contributed by atoms with van der Waals surface area (Å²) < 4.78 is 0. The van der Waals surface area contributed by atoms with Crippen LogP contribution in [0, 0.1) is 0 Å². The number of carbonyl (C=O) groups is 2. The molecule has 3 aromatic carbocycles. The third-order valence-electron chi connectivity index (χ3n) is 5.47. The molecule has 3 aromatic rings. The molecular weight excluding hydrogens is 462 g/mol. The number of thioether (sulfide) groups is 2. The number of nitrogens with zero attached hydrogens (tertiary/aromatic N) is 1. The number of rotatable bonds is 5. The van der Waals surface area contributed by atoms with Crippen molar-refractivity contribution in [2.24, 2.45) is 0 Å². The second-order valence-electron chi connectivity index (χ2n) is 7.84. The van der Waals surface area contributed by atoms with Gasteiger partial charge in [0.1, 0.15) is 0 Å². The van der Waals surface area contributed by atoms with Crippen molar-refractivity contribution in [3.63, 3.8) is 0 Å². The molecule has 2 N–H and O–H groups in total. The lowest BCUT2D eigenvalue weighted by atomic mass is 10.1. The number of nitrogens with one attached hydrogen (secondary N) is 2. The Morgan fingerprint density at radius 2 is 1.62 bits per heavy atom. The highest BCUT2D eigenvalue weighted by Gasteiger charge is 2.36. The van der Waals surface area contributed by atoms with Gasteiger partial charge in [-0.15, -0.1) is 23.5 Å². The molecule has 0 saturated carbocycles. The van der Waals surface area contributed by atoms with E-state index in [9.17, 15) is 9.59 Å². The zero-order valence-corrected chi connectivity index (χ0v) is 19.9. The van der Waals surface area contributed by atoms with Crippen LogP contribution >= 0.6 is 23.5 Å². The molecule has 2 atom stereocenters. The van der Waals surface area contributed by atoms with E-state index in [0.29, 0.717) is 5.69 Å². The van der Waals surface area contributed by atoms with E-state index in [1.807, 2.05) is 89.8 Å². The molecule has 1 aliphatic carbocycles. The van der Waals surface area contributed by atoms with Crippen LogP contribution in [0.25, 0.3) is 0 Å². The Balaban J connectivity index is 1.27. The van der Waals surface area contributed by atoms with E-state index in [1.54, 1.807) is 11.8 Å². The number of hydrogen-bond acceptors (Lipinski definition) is 4. The maximum atomic E-state index is 13.4. The highest BCUT2D eigenvalue weighted by molar-refractivity contribution is 8.00. The largest absolute Gasteiger partial charge is 0.326 e. The first-order chi connectivity index (χ1) is 16.7. The number of urea groups is 1. The lowest BCUT2D eigenvalue weighted by molar-refractivity contribution is -0.113. The van der Waals surface area contributed by atoms with Gasteiger partial charge in [0.15, 0.2) is 0 Å². The van der Waals surface area contributed by atoms with Gasteiger partial charge in [-0.2, -0.15) is 0 Å². The fraction of sp³-hybridized carbons (Fsp3) is 0.111. The van der Waals surface area contributed by atoms with Crippen molar-refractivity contribution < 1.29 is 9.59 Å². The predicted molar refractivity (Wildman–Crippen MR) is 142 cm³/mol. The summed E-state index contributed by atoms with van der Waals surface area (Å²) >= 11 is 3.21. The first-order valence-electron chi connectivity index (χ1n) is 11.0. The third kappa shape index (κ3) is 5.05. The van der Waals surface area contributed by atoms with Gasteiger partial charge in [-0.25, -0.2) is 4.79 Å². The van der Waals surface area contributed by atoms with Crippen LogP contribution in [-0.2, 0) is 4.79 Å². The fourth-order valence-electron chi connectivity index (χ4n) is 3.94. The van der Waals surface area contributed by atoms with Crippen molar-refractivity contribution in [2.75, 3.05) is 21.3 Å². The van der Waals surface area contributed by atoms with Gasteiger partial charge in [-0.05, 0) is 42.5 Å². The normalized spacial score (nSPS) is 18.1. The lowest BCUT2D eigenvalue weighted by Gasteiger charge is -2.40. The van der Waals surface area contributed by atoms with Crippen LogP contribution < -0.4 is 15.5 Å². The molecule has 5 nitrogen and oxygen atoms in total. The van der Waals surface area contributed by atoms with E-state index in [4.69, 9.17) is 0 Å². The molecule has 2 aliphatic rings. The van der Waals surface area contributed by atoms with Gasteiger partial charge < -0.3 is 10.6 Å². The van der Waals surface area contributed by atoms with E-state index in [0.717, 1.165) is 21.2 Å². The summed E-state index contributed by atoms with van der Waals surface area (Å²) in [5, 5.41) is 6.12. The molecule has 170 valence electrons. The number of allylic oxidation sites excluding steroid dienone is 2. The Kier molecular flexibility index (Phi) is 6.74. The van der Waals surface area contributed by atoms with E-state index in [1.165, 1.54) is 11.8 Å². The Hall–Kier alpha value is -3.42. The van der Waals surface area contributed by atoms with Crippen LogP contribution in [0.2, 0.25) is 0 Å². The molecule has 7 heteroatoms. The number of hydrogen-bond donors (Lipinski definition) is 2. The average molecular weight is 486 g/mol. The molecule has 1 heterocycles. The summed E-state index contributed by atoms with van der Waals surface area (Å²) in [6.45, 7) is 0. The van der Waals surface area contributed by atoms with Crippen LogP contribution in [0.15, 0.2) is 113 Å². The number of fused-ring (bicyclic) bond motifs is 2. The number of anilines is 3. The van der Waals surface area contributed by atoms with Crippen molar-refractivity contribution in [2.45, 2.75) is 21.1 Å². The van der Waals surface area contributed by atoms with Crippen molar-refractivity contribution in [3.05, 3.63) is 103 Å². The van der Waals surface area contributed by atoms with Crippen LogP contribution in [-0.4, -0.2) is 29.0 Å². The molecule has 34 heavy (non-hydrogen) atoms. The monoisotopic (exact) mass is 485 g/mol. The standard InChI is InChI=1S/C27H23N3O2S2/c31-26(28-19-9-2-1-3-10-19)18-33-21-12-8-11-20(17-21)29-27(32)30-22-13-4-6-15-24(22)34-25-16-7-5-14-23(25)30/h1-17,22,24H,18H2,(H,28,31)(H,29,32). The summed E-state index contributed by atoms with van der Waals surface area (Å²) in [5.41, 5.74) is 2.38. The molecule has 0 radical (unpaired) electrons. The molecule has 0 fully saturated rings. The summed E-state index contributed by atoms with van der Waals surface area (Å²) in [4.78, 5) is 29.6. The first kappa shape index (κ1) is 22.4. The Bertz CT molecular complexity index is 1260. The predicted octanol–water partition coefficient (Wildman–Crippen LogP) is 6.42. The van der Waals surface area contributed by atoms with Crippen molar-refractivity contribution in [1.82, 2.24) is 0 Å². The average Bonchev–Trinajstić information content (AvgIpc) is 2.87. The van der Waals surface area contributed by atoms with Crippen molar-refractivity contribution in [3.8, 4) is 0 Å². The van der Waals surface area contributed by atoms with Gasteiger partial charge in [0.2, 0.25) is 5.91 Å². The molecular formula is C27H23N3O2S2. The summed E-state index contributed by atoms with van der Waals surface area (Å²) in [7, 11) is 0. The highest BCUT2D eigenvalue weighted by atomic mass is 32.2. The molecule has 5 rings (SSSR count). The maximum Gasteiger partial charge on any atom is 0.326 e. The Morgan fingerprint density at radius 1 is 0.853 bits per heavy atom. The van der Waals surface area contributed by atoms with Crippen molar-refractivity contribution >= 4 is 52.5 Å². The van der Waals surface area contributed by atoms with Gasteiger partial charge in [-0.1, -0.05) is 60.7 Å². The fourth-order valence-corrected chi connectivity index (χ4v) is 5.95. The van der Waals surface area contributed by atoms with Crippen LogP contribution in [0.3, 0.4) is 0 Å². The van der Waals surface area contributed by atoms with E-state index < -0.39 is 0 Å². The van der Waals surface area contributed by atoms with Crippen LogP contribution in [0.1, 0.15) is 0 Å².